The van der Waals surface area contributed by atoms with Gasteiger partial charge in [0.15, 0.2) is 5.75 Å². The Labute approximate surface area is 176 Å². The summed E-state index contributed by atoms with van der Waals surface area (Å²) in [5.74, 6) is 1.32. The maximum absolute atomic E-state index is 13.0. The van der Waals surface area contributed by atoms with E-state index >= 15 is 0 Å². The Bertz CT molecular complexity index is 988. The molecule has 6 nitrogen and oxygen atoms in total. The molecule has 0 aliphatic carbocycles. The van der Waals surface area contributed by atoms with E-state index < -0.39 is 0 Å². The van der Waals surface area contributed by atoms with Crippen molar-refractivity contribution in [1.82, 2.24) is 15.1 Å². The van der Waals surface area contributed by atoms with E-state index in [1.165, 1.54) is 0 Å². The van der Waals surface area contributed by atoms with Crippen LogP contribution < -0.4 is 15.4 Å². The summed E-state index contributed by atoms with van der Waals surface area (Å²) in [5.41, 5.74) is 2.87. The van der Waals surface area contributed by atoms with Gasteiger partial charge >= 0.3 is 0 Å². The number of benzene rings is 2. The molecule has 0 bridgehead atoms. The molecule has 2 N–H and O–H groups in total. The van der Waals surface area contributed by atoms with Gasteiger partial charge in [-0.3, -0.25) is 9.48 Å². The van der Waals surface area contributed by atoms with Crippen molar-refractivity contribution in [2.45, 2.75) is 12.8 Å². The average molecular weight is 413 g/mol. The Balaban J connectivity index is 0.00000240. The number of nitrogens with zero attached hydrogens (tertiary/aromatic N) is 2. The summed E-state index contributed by atoms with van der Waals surface area (Å²) >= 11 is 0. The van der Waals surface area contributed by atoms with Gasteiger partial charge in [0.05, 0.1) is 17.8 Å². The van der Waals surface area contributed by atoms with Gasteiger partial charge in [-0.2, -0.15) is 5.10 Å². The smallest absolute Gasteiger partial charge is 0.229 e. The van der Waals surface area contributed by atoms with Crippen LogP contribution in [0.25, 0.3) is 0 Å². The van der Waals surface area contributed by atoms with E-state index in [2.05, 4.69) is 15.7 Å². The summed E-state index contributed by atoms with van der Waals surface area (Å²) in [5, 5.41) is 10.6. The van der Waals surface area contributed by atoms with Crippen molar-refractivity contribution in [3.05, 3.63) is 72.1 Å². The monoisotopic (exact) mass is 412 g/mol. The highest BCUT2D eigenvalue weighted by Gasteiger charge is 2.35. The second-order valence-electron chi connectivity index (χ2n) is 7.22. The SMILES string of the molecule is Cc1cccc(Oc2ccccc2NC(=O)[C@H]2CNC[C@@H]2c2cnn(C)c2)c1.Cl. The third-order valence-corrected chi connectivity index (χ3v) is 5.07. The van der Waals surface area contributed by atoms with Crippen molar-refractivity contribution in [3.63, 3.8) is 0 Å². The molecular formula is C22H25ClN4O2. The second-order valence-corrected chi connectivity index (χ2v) is 7.22. The number of aromatic nitrogens is 2. The zero-order chi connectivity index (χ0) is 19.5. The highest BCUT2D eigenvalue weighted by atomic mass is 35.5. The number of hydrogen-bond acceptors (Lipinski definition) is 4. The number of aryl methyl sites for hydroxylation is 2. The van der Waals surface area contributed by atoms with Crippen molar-refractivity contribution in [2.24, 2.45) is 13.0 Å². The van der Waals surface area contributed by atoms with Crippen LogP contribution in [0.5, 0.6) is 11.5 Å². The Morgan fingerprint density at radius 3 is 2.79 bits per heavy atom. The van der Waals surface area contributed by atoms with Crippen LogP contribution in [0.3, 0.4) is 0 Å². The topological polar surface area (TPSA) is 68.2 Å². The van der Waals surface area contributed by atoms with Gasteiger partial charge in [-0.25, -0.2) is 0 Å². The summed E-state index contributed by atoms with van der Waals surface area (Å²) in [6, 6.07) is 15.4. The molecule has 4 rings (SSSR count). The van der Waals surface area contributed by atoms with Crippen molar-refractivity contribution < 1.29 is 9.53 Å². The third kappa shape index (κ3) is 4.78. The van der Waals surface area contributed by atoms with Gasteiger partial charge in [-0.15, -0.1) is 12.4 Å². The first-order valence-electron chi connectivity index (χ1n) is 9.44. The molecule has 0 saturated carbocycles. The number of rotatable bonds is 5. The van der Waals surface area contributed by atoms with Crippen molar-refractivity contribution >= 4 is 24.0 Å². The van der Waals surface area contributed by atoms with Crippen LogP contribution in [-0.2, 0) is 11.8 Å². The fourth-order valence-corrected chi connectivity index (χ4v) is 3.63. The minimum absolute atomic E-state index is 0. The van der Waals surface area contributed by atoms with Crippen molar-refractivity contribution in [2.75, 3.05) is 18.4 Å². The lowest BCUT2D eigenvalue weighted by Gasteiger charge is -2.18. The molecule has 1 aliphatic heterocycles. The second kappa shape index (κ2) is 9.11. The molecule has 152 valence electrons. The largest absolute Gasteiger partial charge is 0.455 e. The lowest BCUT2D eigenvalue weighted by molar-refractivity contribution is -0.119. The van der Waals surface area contributed by atoms with Crippen LogP contribution in [0.15, 0.2) is 60.9 Å². The fraction of sp³-hybridized carbons (Fsp3) is 0.273. The summed E-state index contributed by atoms with van der Waals surface area (Å²) in [6.45, 7) is 3.43. The maximum Gasteiger partial charge on any atom is 0.229 e. The first-order valence-corrected chi connectivity index (χ1v) is 9.44. The van der Waals surface area contributed by atoms with E-state index in [4.69, 9.17) is 4.74 Å². The van der Waals surface area contributed by atoms with E-state index in [0.717, 1.165) is 23.4 Å². The van der Waals surface area contributed by atoms with E-state index in [1.54, 1.807) is 4.68 Å². The van der Waals surface area contributed by atoms with E-state index in [0.29, 0.717) is 18.0 Å². The van der Waals surface area contributed by atoms with Crippen LogP contribution in [0.1, 0.15) is 17.0 Å². The zero-order valence-corrected chi connectivity index (χ0v) is 17.3. The number of halogens is 1. The number of carbonyl (C=O) groups excluding carboxylic acids is 1. The average Bonchev–Trinajstić information content (AvgIpc) is 3.32. The first-order chi connectivity index (χ1) is 13.6. The van der Waals surface area contributed by atoms with Gasteiger partial charge in [0.25, 0.3) is 0 Å². The van der Waals surface area contributed by atoms with Crippen molar-refractivity contribution in [1.29, 1.82) is 0 Å². The molecule has 0 spiro atoms. The zero-order valence-electron chi connectivity index (χ0n) is 16.5. The molecule has 2 aromatic carbocycles. The molecule has 1 fully saturated rings. The van der Waals surface area contributed by atoms with Crippen LogP contribution >= 0.6 is 12.4 Å². The first kappa shape index (κ1) is 20.9. The molecule has 3 aromatic rings. The number of amides is 1. The molecular weight excluding hydrogens is 388 g/mol. The summed E-state index contributed by atoms with van der Waals surface area (Å²) in [6.07, 6.45) is 3.82. The molecule has 1 aliphatic rings. The lowest BCUT2D eigenvalue weighted by atomic mass is 9.90. The predicted octanol–water partition coefficient (Wildman–Crippen LogP) is 3.88. The third-order valence-electron chi connectivity index (χ3n) is 5.07. The fourth-order valence-electron chi connectivity index (χ4n) is 3.63. The number of para-hydroxylation sites is 2. The standard InChI is InChI=1S/C22H24N4O2.ClH/c1-15-6-5-7-17(10-15)28-21-9-4-3-8-20(21)25-22(27)19-13-23-12-18(19)16-11-24-26(2)14-16;/h3-11,14,18-19,23H,12-13H2,1-2H3,(H,25,27);1H/t18-,19+;/m1./s1. The van der Waals surface area contributed by atoms with E-state index in [1.807, 2.05) is 74.9 Å². The number of nitrogens with one attached hydrogen (secondary N) is 2. The molecule has 1 saturated heterocycles. The van der Waals surface area contributed by atoms with Gasteiger partial charge in [0.2, 0.25) is 5.91 Å². The number of hydrogen-bond donors (Lipinski definition) is 2. The predicted molar refractivity (Wildman–Crippen MR) is 116 cm³/mol. The Morgan fingerprint density at radius 2 is 2.03 bits per heavy atom. The maximum atomic E-state index is 13.0. The molecule has 0 unspecified atom stereocenters. The summed E-state index contributed by atoms with van der Waals surface area (Å²) in [7, 11) is 1.89. The summed E-state index contributed by atoms with van der Waals surface area (Å²) in [4.78, 5) is 13.0. The highest BCUT2D eigenvalue weighted by Crippen LogP contribution is 2.32. The molecule has 2 heterocycles. The van der Waals surface area contributed by atoms with Crippen LogP contribution in [-0.4, -0.2) is 28.8 Å². The Kier molecular flexibility index (Phi) is 6.56. The Morgan fingerprint density at radius 1 is 1.21 bits per heavy atom. The molecule has 2 atom stereocenters. The van der Waals surface area contributed by atoms with Gasteiger partial charge in [-0.1, -0.05) is 24.3 Å². The van der Waals surface area contributed by atoms with Crippen LogP contribution in [0.4, 0.5) is 5.69 Å². The molecule has 29 heavy (non-hydrogen) atoms. The molecule has 0 radical (unpaired) electrons. The quantitative estimate of drug-likeness (QED) is 0.667. The van der Waals surface area contributed by atoms with E-state index in [9.17, 15) is 4.79 Å². The highest BCUT2D eigenvalue weighted by molar-refractivity contribution is 5.95. The lowest BCUT2D eigenvalue weighted by Crippen LogP contribution is -2.28. The Hall–Kier alpha value is -2.83. The van der Waals surface area contributed by atoms with E-state index in [-0.39, 0.29) is 30.2 Å². The van der Waals surface area contributed by atoms with Crippen molar-refractivity contribution in [3.8, 4) is 11.5 Å². The normalized spacial score (nSPS) is 18.1. The molecule has 7 heteroatoms. The van der Waals surface area contributed by atoms with Gasteiger partial charge in [0, 0.05) is 32.3 Å². The van der Waals surface area contributed by atoms with Crippen LogP contribution in [0.2, 0.25) is 0 Å². The minimum Gasteiger partial charge on any atom is -0.455 e. The molecule has 1 aromatic heterocycles. The number of carbonyl (C=O) groups is 1. The van der Waals surface area contributed by atoms with Gasteiger partial charge in [0.1, 0.15) is 5.75 Å². The van der Waals surface area contributed by atoms with Gasteiger partial charge in [-0.05, 0) is 42.3 Å². The van der Waals surface area contributed by atoms with Crippen LogP contribution in [0, 0.1) is 12.8 Å². The number of ether oxygens (including phenoxy) is 1. The molecule has 1 amide bonds. The minimum atomic E-state index is -0.156. The summed E-state index contributed by atoms with van der Waals surface area (Å²) < 4.78 is 7.80. The number of anilines is 1. The van der Waals surface area contributed by atoms with Gasteiger partial charge < -0.3 is 15.4 Å².